The Morgan fingerprint density at radius 3 is 2.62 bits per heavy atom. The van der Waals surface area contributed by atoms with E-state index in [1.807, 2.05) is 17.9 Å². The number of likely N-dealkylation sites (tertiary alicyclic amines) is 1. The van der Waals surface area contributed by atoms with E-state index in [0.717, 1.165) is 12.0 Å². The number of sulfonamides is 1. The van der Waals surface area contributed by atoms with Crippen LogP contribution >= 0.6 is 0 Å². The van der Waals surface area contributed by atoms with Gasteiger partial charge in [0, 0.05) is 32.7 Å². The molecule has 2 fully saturated rings. The molecule has 0 saturated carbocycles. The summed E-state index contributed by atoms with van der Waals surface area (Å²) in [5.74, 6) is 0. The summed E-state index contributed by atoms with van der Waals surface area (Å²) >= 11 is 0. The largest absolute Gasteiger partial charge is 0.379 e. The summed E-state index contributed by atoms with van der Waals surface area (Å²) in [5.41, 5.74) is -0.158. The van der Waals surface area contributed by atoms with Crippen LogP contribution < -0.4 is 0 Å². The Morgan fingerprint density at radius 1 is 1.25 bits per heavy atom. The van der Waals surface area contributed by atoms with Crippen LogP contribution in [0.4, 0.5) is 4.39 Å². The van der Waals surface area contributed by atoms with Gasteiger partial charge in [-0.1, -0.05) is 25.5 Å². The van der Waals surface area contributed by atoms with Gasteiger partial charge in [0.25, 0.3) is 0 Å². The molecule has 0 N–H and O–H groups in total. The number of benzene rings is 1. The van der Waals surface area contributed by atoms with E-state index in [9.17, 15) is 12.8 Å². The molecule has 2 aliphatic rings. The van der Waals surface area contributed by atoms with Gasteiger partial charge in [0.05, 0.1) is 18.1 Å². The maximum absolute atomic E-state index is 14.2. The van der Waals surface area contributed by atoms with Gasteiger partial charge in [-0.3, -0.25) is 4.90 Å². The van der Waals surface area contributed by atoms with Crippen LogP contribution in [-0.2, 0) is 21.3 Å². The molecule has 0 amide bonds. The predicted octanol–water partition coefficient (Wildman–Crippen LogP) is 2.03. The third-order valence-electron chi connectivity index (χ3n) is 4.62. The highest BCUT2D eigenvalue weighted by Crippen LogP contribution is 2.31. The molecule has 0 aliphatic carbocycles. The molecule has 7 heteroatoms. The van der Waals surface area contributed by atoms with Crippen LogP contribution in [0.1, 0.15) is 25.3 Å². The first-order valence-electron chi connectivity index (χ1n) is 8.51. The zero-order valence-electron chi connectivity index (χ0n) is 14.1. The molecule has 0 radical (unpaired) electrons. The smallest absolute Gasteiger partial charge is 0.243 e. The highest BCUT2D eigenvalue weighted by molar-refractivity contribution is 7.89. The summed E-state index contributed by atoms with van der Waals surface area (Å²) in [4.78, 5) is 2.33. The van der Waals surface area contributed by atoms with Gasteiger partial charge in [0.1, 0.15) is 5.67 Å². The molecule has 134 valence electrons. The normalized spacial score (nSPS) is 22.2. The fourth-order valence-corrected chi connectivity index (χ4v) is 4.95. The van der Waals surface area contributed by atoms with E-state index in [4.69, 9.17) is 4.74 Å². The van der Waals surface area contributed by atoms with Crippen molar-refractivity contribution in [2.75, 3.05) is 39.4 Å². The Morgan fingerprint density at radius 2 is 1.96 bits per heavy atom. The predicted molar refractivity (Wildman–Crippen MR) is 90.0 cm³/mol. The van der Waals surface area contributed by atoms with Crippen LogP contribution in [0.2, 0.25) is 0 Å². The van der Waals surface area contributed by atoms with Crippen molar-refractivity contribution in [3.05, 3.63) is 29.8 Å². The molecule has 0 unspecified atom stereocenters. The zero-order chi connectivity index (χ0) is 17.2. The molecular weight excluding hydrogens is 331 g/mol. The molecular formula is C17H25FN2O3S. The molecule has 1 aromatic rings. The topological polar surface area (TPSA) is 49.9 Å². The van der Waals surface area contributed by atoms with Gasteiger partial charge >= 0.3 is 0 Å². The van der Waals surface area contributed by atoms with Crippen LogP contribution in [0.3, 0.4) is 0 Å². The van der Waals surface area contributed by atoms with Crippen LogP contribution in [0.15, 0.2) is 29.2 Å². The number of hydrogen-bond acceptors (Lipinski definition) is 4. The fourth-order valence-electron chi connectivity index (χ4n) is 3.47. The monoisotopic (exact) mass is 356 g/mol. The molecule has 0 aromatic heterocycles. The van der Waals surface area contributed by atoms with Crippen molar-refractivity contribution in [1.29, 1.82) is 0 Å². The van der Waals surface area contributed by atoms with Crippen LogP contribution in [0.25, 0.3) is 0 Å². The first-order valence-corrected chi connectivity index (χ1v) is 9.95. The van der Waals surface area contributed by atoms with Crippen molar-refractivity contribution in [1.82, 2.24) is 9.21 Å². The number of alkyl halides is 1. The molecule has 5 nitrogen and oxygen atoms in total. The van der Waals surface area contributed by atoms with Gasteiger partial charge in [-0.05, 0) is 24.1 Å². The van der Waals surface area contributed by atoms with E-state index in [1.54, 1.807) is 18.2 Å². The van der Waals surface area contributed by atoms with E-state index < -0.39 is 15.7 Å². The van der Waals surface area contributed by atoms with E-state index >= 15 is 0 Å². The molecule has 0 spiro atoms. The van der Waals surface area contributed by atoms with Gasteiger partial charge in [-0.2, -0.15) is 4.31 Å². The maximum Gasteiger partial charge on any atom is 0.243 e. The van der Waals surface area contributed by atoms with E-state index in [-0.39, 0.29) is 0 Å². The minimum Gasteiger partial charge on any atom is -0.379 e. The number of halogens is 1. The highest BCUT2D eigenvalue weighted by atomic mass is 32.2. The molecule has 0 atom stereocenters. The average molecular weight is 356 g/mol. The number of nitrogens with zero attached hydrogens (tertiary/aromatic N) is 2. The van der Waals surface area contributed by atoms with Crippen molar-refractivity contribution in [2.45, 2.75) is 36.9 Å². The third-order valence-corrected chi connectivity index (χ3v) is 6.52. The Balaban J connectivity index is 1.66. The Kier molecular flexibility index (Phi) is 5.24. The maximum atomic E-state index is 14.2. The van der Waals surface area contributed by atoms with Crippen molar-refractivity contribution in [3.63, 3.8) is 0 Å². The first kappa shape index (κ1) is 17.8. The number of ether oxygens (including phenoxy) is 1. The van der Waals surface area contributed by atoms with Gasteiger partial charge < -0.3 is 4.74 Å². The lowest BCUT2D eigenvalue weighted by Gasteiger charge is -2.44. The summed E-state index contributed by atoms with van der Waals surface area (Å²) in [6.45, 7) is 5.08. The molecule has 2 saturated heterocycles. The lowest BCUT2D eigenvalue weighted by Crippen LogP contribution is -2.58. The molecule has 1 aromatic carbocycles. The lowest BCUT2D eigenvalue weighted by atomic mass is 9.91. The Labute approximate surface area is 143 Å². The molecule has 0 bridgehead atoms. The van der Waals surface area contributed by atoms with Crippen molar-refractivity contribution in [3.8, 4) is 0 Å². The molecule has 24 heavy (non-hydrogen) atoms. The minimum atomic E-state index is -3.48. The molecule has 2 heterocycles. The molecule has 2 aliphatic heterocycles. The van der Waals surface area contributed by atoms with Crippen molar-refractivity contribution < 1.29 is 17.5 Å². The van der Waals surface area contributed by atoms with Crippen LogP contribution in [-0.4, -0.2) is 62.7 Å². The summed E-state index contributed by atoms with van der Waals surface area (Å²) in [7, 11) is -3.48. The minimum absolute atomic E-state index is 0.308. The lowest BCUT2D eigenvalue weighted by molar-refractivity contribution is -0.0431. The van der Waals surface area contributed by atoms with Gasteiger partial charge in [-0.25, -0.2) is 12.8 Å². The summed E-state index contributed by atoms with van der Waals surface area (Å²) in [6, 6.07) is 7.00. The van der Waals surface area contributed by atoms with Crippen LogP contribution in [0.5, 0.6) is 0 Å². The summed E-state index contributed by atoms with van der Waals surface area (Å²) < 4.78 is 46.3. The second-order valence-corrected chi connectivity index (χ2v) is 8.65. The van der Waals surface area contributed by atoms with E-state index in [0.29, 0.717) is 57.3 Å². The quantitative estimate of drug-likeness (QED) is 0.783. The fraction of sp³-hybridized carbons (Fsp3) is 0.647. The first-order chi connectivity index (χ1) is 11.4. The highest BCUT2D eigenvalue weighted by Gasteiger charge is 2.42. The van der Waals surface area contributed by atoms with E-state index in [2.05, 4.69) is 0 Å². The van der Waals surface area contributed by atoms with Gasteiger partial charge in [0.15, 0.2) is 0 Å². The average Bonchev–Trinajstić information content (AvgIpc) is 2.55. The zero-order valence-corrected chi connectivity index (χ0v) is 14.9. The van der Waals surface area contributed by atoms with Crippen molar-refractivity contribution >= 4 is 10.0 Å². The second-order valence-electron chi connectivity index (χ2n) is 6.71. The number of hydrogen-bond donors (Lipinski definition) is 0. The standard InChI is InChI=1S/C17H25FN2O3S/c1-2-6-17(18)13-19(14-17)12-15-4-3-5-16(11-15)24(21,22)20-7-9-23-10-8-20/h3-5,11H,2,6-10,12-14H2,1H3. The van der Waals surface area contributed by atoms with Gasteiger partial charge in [0.2, 0.25) is 10.0 Å². The van der Waals surface area contributed by atoms with Crippen LogP contribution in [0, 0.1) is 0 Å². The Hall–Kier alpha value is -1.02. The molecule has 3 rings (SSSR count). The number of morpholine rings is 1. The van der Waals surface area contributed by atoms with Crippen molar-refractivity contribution in [2.24, 2.45) is 0 Å². The third kappa shape index (κ3) is 3.79. The summed E-state index contributed by atoms with van der Waals surface area (Å²) in [6.07, 6.45) is 1.44. The number of rotatable bonds is 6. The second kappa shape index (κ2) is 7.07. The van der Waals surface area contributed by atoms with E-state index in [1.165, 1.54) is 4.31 Å². The Bertz CT molecular complexity index is 668. The SMILES string of the molecule is CCCC1(F)CN(Cc2cccc(S(=O)(=O)N3CCOCC3)c2)C1. The summed E-state index contributed by atoms with van der Waals surface area (Å²) in [5, 5.41) is 0. The van der Waals surface area contributed by atoms with Gasteiger partial charge in [-0.15, -0.1) is 0 Å².